The van der Waals surface area contributed by atoms with Crippen LogP contribution in [-0.4, -0.2) is 43.8 Å². The number of thioether (sulfide) groups is 1. The fourth-order valence-electron chi connectivity index (χ4n) is 4.65. The lowest BCUT2D eigenvalue weighted by Gasteiger charge is -2.32. The second-order valence-corrected chi connectivity index (χ2v) is 12.7. The third kappa shape index (κ3) is 6.91. The van der Waals surface area contributed by atoms with Gasteiger partial charge < -0.3 is 4.90 Å². The Morgan fingerprint density at radius 2 is 1.64 bits per heavy atom. The Bertz CT molecular complexity index is 1430. The molecule has 1 aliphatic heterocycles. The molecule has 208 valence electrons. The molecule has 0 saturated carbocycles. The number of amides is 1. The number of benzene rings is 3. The van der Waals surface area contributed by atoms with Gasteiger partial charge in [0.2, 0.25) is 5.91 Å². The van der Waals surface area contributed by atoms with E-state index in [2.05, 4.69) is 0 Å². The fraction of sp³-hybridized carbons (Fsp3) is 0.321. The predicted octanol–water partition coefficient (Wildman–Crippen LogP) is 6.61. The van der Waals surface area contributed by atoms with Gasteiger partial charge in [0.1, 0.15) is 17.5 Å². The molecule has 39 heavy (non-hydrogen) atoms. The number of aryl methyl sites for hydroxylation is 1. The second kappa shape index (κ2) is 12.7. The molecule has 1 amide bonds. The topological polar surface area (TPSA) is 57.7 Å². The van der Waals surface area contributed by atoms with Crippen LogP contribution < -0.4 is 4.31 Å². The molecule has 3 aromatic carbocycles. The van der Waals surface area contributed by atoms with Crippen LogP contribution in [0.4, 0.5) is 18.9 Å². The number of nitrogens with zero attached hydrogens (tertiary/aromatic N) is 2. The van der Waals surface area contributed by atoms with E-state index < -0.39 is 39.2 Å². The van der Waals surface area contributed by atoms with Gasteiger partial charge in [-0.1, -0.05) is 17.7 Å². The molecule has 0 spiro atoms. The molecule has 3 aromatic rings. The highest BCUT2D eigenvalue weighted by atomic mass is 35.5. The smallest absolute Gasteiger partial charge is 0.264 e. The Hall–Kier alpha value is -2.69. The average Bonchev–Trinajstić information content (AvgIpc) is 2.91. The average molecular weight is 597 g/mol. The van der Waals surface area contributed by atoms with E-state index in [1.54, 1.807) is 11.8 Å². The summed E-state index contributed by atoms with van der Waals surface area (Å²) in [6.45, 7) is 2.93. The van der Waals surface area contributed by atoms with Crippen LogP contribution >= 0.6 is 23.4 Å². The van der Waals surface area contributed by atoms with Gasteiger partial charge in [0, 0.05) is 42.1 Å². The maximum Gasteiger partial charge on any atom is 0.264 e. The van der Waals surface area contributed by atoms with Crippen LogP contribution in [0.15, 0.2) is 65.6 Å². The van der Waals surface area contributed by atoms with Gasteiger partial charge in [-0.3, -0.25) is 9.10 Å². The minimum Gasteiger partial charge on any atom is -0.341 e. The lowest BCUT2D eigenvalue weighted by atomic mass is 9.96. The summed E-state index contributed by atoms with van der Waals surface area (Å²) in [4.78, 5) is 14.3. The number of carbonyl (C=O) groups excluding carboxylic acids is 1. The number of sulfonamides is 1. The van der Waals surface area contributed by atoms with Crippen molar-refractivity contribution in [1.82, 2.24) is 4.90 Å². The van der Waals surface area contributed by atoms with Crippen molar-refractivity contribution in [3.05, 3.63) is 94.3 Å². The molecule has 0 aliphatic carbocycles. The SMILES string of the molecule is CC(c1ccc(F)cc1CCCC(=O)N1CCSCC1)N(c1cc(F)ccc1F)S(=O)(=O)c1ccc(Cl)cc1. The van der Waals surface area contributed by atoms with E-state index in [4.69, 9.17) is 11.6 Å². The Kier molecular flexibility index (Phi) is 9.51. The predicted molar refractivity (Wildman–Crippen MR) is 149 cm³/mol. The van der Waals surface area contributed by atoms with Crippen molar-refractivity contribution in [1.29, 1.82) is 0 Å². The summed E-state index contributed by atoms with van der Waals surface area (Å²) in [5.41, 5.74) is 0.419. The molecule has 1 unspecified atom stereocenters. The fourth-order valence-corrected chi connectivity index (χ4v) is 7.31. The minimum atomic E-state index is -4.42. The van der Waals surface area contributed by atoms with Crippen LogP contribution in [0, 0.1) is 17.5 Å². The van der Waals surface area contributed by atoms with Crippen molar-refractivity contribution >= 4 is 45.0 Å². The van der Waals surface area contributed by atoms with Crippen LogP contribution in [0.1, 0.15) is 36.9 Å². The normalized spacial score (nSPS) is 14.7. The molecule has 4 rings (SSSR count). The number of anilines is 1. The van der Waals surface area contributed by atoms with Gasteiger partial charge in [0.15, 0.2) is 0 Å². The molecule has 1 saturated heterocycles. The first kappa shape index (κ1) is 29.3. The van der Waals surface area contributed by atoms with Gasteiger partial charge in [-0.2, -0.15) is 11.8 Å². The van der Waals surface area contributed by atoms with Crippen LogP contribution in [0.25, 0.3) is 0 Å². The van der Waals surface area contributed by atoms with E-state index in [-0.39, 0.29) is 17.2 Å². The summed E-state index contributed by atoms with van der Waals surface area (Å²) < 4.78 is 72.1. The largest absolute Gasteiger partial charge is 0.341 e. The highest BCUT2D eigenvalue weighted by Crippen LogP contribution is 2.37. The van der Waals surface area contributed by atoms with Gasteiger partial charge in [-0.15, -0.1) is 0 Å². The lowest BCUT2D eigenvalue weighted by Crippen LogP contribution is -2.37. The maximum absolute atomic E-state index is 15.0. The summed E-state index contributed by atoms with van der Waals surface area (Å²) in [6.07, 6.45) is 0.983. The van der Waals surface area contributed by atoms with Gasteiger partial charge in [-0.05, 0) is 79.4 Å². The zero-order valence-corrected chi connectivity index (χ0v) is 23.6. The van der Waals surface area contributed by atoms with E-state index in [1.165, 1.54) is 49.4 Å². The maximum atomic E-state index is 15.0. The van der Waals surface area contributed by atoms with Crippen LogP contribution in [0.3, 0.4) is 0 Å². The number of rotatable bonds is 9. The van der Waals surface area contributed by atoms with Crippen molar-refractivity contribution in [2.45, 2.75) is 37.1 Å². The molecule has 0 N–H and O–H groups in total. The number of carbonyl (C=O) groups is 1. The minimum absolute atomic E-state index is 0.0232. The molecule has 1 fully saturated rings. The first-order valence-corrected chi connectivity index (χ1v) is 15.4. The molecule has 1 heterocycles. The first-order valence-electron chi connectivity index (χ1n) is 12.5. The molecule has 0 bridgehead atoms. The lowest BCUT2D eigenvalue weighted by molar-refractivity contribution is -0.130. The van der Waals surface area contributed by atoms with Crippen molar-refractivity contribution in [3.63, 3.8) is 0 Å². The van der Waals surface area contributed by atoms with Gasteiger partial charge >= 0.3 is 0 Å². The number of halogens is 4. The van der Waals surface area contributed by atoms with Gasteiger partial charge in [0.25, 0.3) is 10.0 Å². The van der Waals surface area contributed by atoms with Gasteiger partial charge in [-0.25, -0.2) is 21.6 Å². The zero-order valence-electron chi connectivity index (χ0n) is 21.2. The Labute approximate surface area is 236 Å². The van der Waals surface area contributed by atoms with Crippen molar-refractivity contribution in [2.75, 3.05) is 28.9 Å². The summed E-state index contributed by atoms with van der Waals surface area (Å²) in [7, 11) is -4.42. The zero-order chi connectivity index (χ0) is 28.2. The summed E-state index contributed by atoms with van der Waals surface area (Å²) >= 11 is 7.74. The summed E-state index contributed by atoms with van der Waals surface area (Å²) in [6, 6.07) is 10.8. The monoisotopic (exact) mass is 596 g/mol. The number of hydrogen-bond acceptors (Lipinski definition) is 4. The molecular weight excluding hydrogens is 569 g/mol. The van der Waals surface area contributed by atoms with E-state index in [0.29, 0.717) is 42.1 Å². The molecule has 11 heteroatoms. The molecular formula is C28H28ClF3N2O3S2. The molecule has 1 atom stereocenters. The quantitative estimate of drug-likeness (QED) is 0.279. The Morgan fingerprint density at radius 3 is 2.33 bits per heavy atom. The summed E-state index contributed by atoms with van der Waals surface area (Å²) in [5, 5.41) is 0.309. The van der Waals surface area contributed by atoms with E-state index in [0.717, 1.165) is 34.0 Å². The molecule has 0 radical (unpaired) electrons. The molecule has 0 aromatic heterocycles. The highest BCUT2D eigenvalue weighted by Gasteiger charge is 2.33. The third-order valence-electron chi connectivity index (χ3n) is 6.62. The molecule has 5 nitrogen and oxygen atoms in total. The molecule has 1 aliphatic rings. The van der Waals surface area contributed by atoms with Crippen LogP contribution in [-0.2, 0) is 21.2 Å². The highest BCUT2D eigenvalue weighted by molar-refractivity contribution is 7.99. The van der Waals surface area contributed by atoms with E-state index in [9.17, 15) is 22.0 Å². The Morgan fingerprint density at radius 1 is 1.00 bits per heavy atom. The van der Waals surface area contributed by atoms with Crippen molar-refractivity contribution in [2.24, 2.45) is 0 Å². The number of hydrogen-bond donors (Lipinski definition) is 0. The first-order chi connectivity index (χ1) is 18.6. The second-order valence-electron chi connectivity index (χ2n) is 9.22. The van der Waals surface area contributed by atoms with Crippen molar-refractivity contribution in [3.8, 4) is 0 Å². The third-order valence-corrected chi connectivity index (χ3v) is 9.72. The van der Waals surface area contributed by atoms with E-state index in [1.807, 2.05) is 4.90 Å². The Balaban J connectivity index is 1.69. The summed E-state index contributed by atoms with van der Waals surface area (Å²) in [5.74, 6) is -0.462. The van der Waals surface area contributed by atoms with E-state index >= 15 is 4.39 Å². The van der Waals surface area contributed by atoms with Crippen LogP contribution in [0.5, 0.6) is 0 Å². The van der Waals surface area contributed by atoms with Gasteiger partial charge in [0.05, 0.1) is 16.6 Å². The van der Waals surface area contributed by atoms with Crippen LogP contribution in [0.2, 0.25) is 5.02 Å². The van der Waals surface area contributed by atoms with Crippen molar-refractivity contribution < 1.29 is 26.4 Å². The standard InChI is InChI=1S/C28H28ClF3N2O3S2/c1-19(25-11-7-22(30)17-20(25)3-2-4-28(35)33-13-15-38-16-14-33)34(27-18-23(31)8-12-26(27)32)39(36,37)24-9-5-21(29)6-10-24/h5-12,17-19H,2-4,13-16H2,1H3.